The predicted molar refractivity (Wildman–Crippen MR) is 99.1 cm³/mol. The van der Waals surface area contributed by atoms with Gasteiger partial charge < -0.3 is 15.9 Å². The van der Waals surface area contributed by atoms with Gasteiger partial charge in [0.05, 0.1) is 11.1 Å². The summed E-state index contributed by atoms with van der Waals surface area (Å²) in [7, 11) is 0. The lowest BCUT2D eigenvalue weighted by molar-refractivity contribution is -0.171. The largest absolute Gasteiger partial charge is 0.370 e. The van der Waals surface area contributed by atoms with Gasteiger partial charge in [-0.05, 0) is 42.8 Å². The van der Waals surface area contributed by atoms with Crippen molar-refractivity contribution in [3.8, 4) is 0 Å². The summed E-state index contributed by atoms with van der Waals surface area (Å²) in [5, 5.41) is 2.64. The van der Waals surface area contributed by atoms with Crippen LogP contribution in [0.15, 0.2) is 48.5 Å². The minimum atomic E-state index is -1.39. The van der Waals surface area contributed by atoms with E-state index in [1.165, 1.54) is 24.3 Å². The zero-order valence-corrected chi connectivity index (χ0v) is 15.5. The smallest absolute Gasteiger partial charge is 0.355 e. The normalized spacial score (nSPS) is 13.6. The Hall–Kier alpha value is -4.08. The molecule has 1 unspecified atom stereocenters. The number of carbonyl (C=O) groups is 5. The maximum Gasteiger partial charge on any atom is 0.355 e. The highest BCUT2D eigenvalue weighted by Crippen LogP contribution is 2.23. The number of fused-ring (bicyclic) bond motifs is 1. The fraction of sp³-hybridized carbons (Fsp3) is 0.150. The van der Waals surface area contributed by atoms with Gasteiger partial charge in [-0.3, -0.25) is 19.2 Å². The molecule has 0 aromatic heterocycles. The van der Waals surface area contributed by atoms with Gasteiger partial charge in [-0.25, -0.2) is 9.18 Å². The fourth-order valence-corrected chi connectivity index (χ4v) is 2.78. The molecule has 9 nitrogen and oxygen atoms in total. The maximum atomic E-state index is 13.0. The molecule has 154 valence electrons. The number of nitrogens with one attached hydrogen (secondary N) is 1. The van der Waals surface area contributed by atoms with E-state index in [-0.39, 0.29) is 29.5 Å². The molecular formula is C20H16FN3O6. The summed E-state index contributed by atoms with van der Waals surface area (Å²) in [5.41, 5.74) is 5.29. The predicted octanol–water partition coefficient (Wildman–Crippen LogP) is 0.944. The molecule has 0 aliphatic carbocycles. The molecule has 2 aromatic rings. The molecule has 0 bridgehead atoms. The molecule has 1 heterocycles. The summed E-state index contributed by atoms with van der Waals surface area (Å²) in [5.74, 6) is -4.83. The van der Waals surface area contributed by atoms with E-state index in [1.54, 1.807) is 12.1 Å². The molecule has 4 amide bonds. The van der Waals surface area contributed by atoms with Gasteiger partial charge in [-0.2, -0.15) is 0 Å². The highest BCUT2D eigenvalue weighted by molar-refractivity contribution is 6.21. The quantitative estimate of drug-likeness (QED) is 0.649. The first-order chi connectivity index (χ1) is 14.3. The second kappa shape index (κ2) is 8.52. The molecule has 10 heteroatoms. The van der Waals surface area contributed by atoms with Crippen LogP contribution in [0, 0.1) is 5.82 Å². The number of hydroxylamine groups is 2. The molecule has 2 aromatic carbocycles. The van der Waals surface area contributed by atoms with E-state index in [4.69, 9.17) is 10.6 Å². The highest BCUT2D eigenvalue weighted by Gasteiger charge is 2.40. The van der Waals surface area contributed by atoms with Crippen LogP contribution in [0.4, 0.5) is 4.39 Å². The Labute approximate surface area is 169 Å². The van der Waals surface area contributed by atoms with Gasteiger partial charge in [-0.1, -0.05) is 17.2 Å². The Morgan fingerprint density at radius 2 is 1.57 bits per heavy atom. The van der Waals surface area contributed by atoms with Crippen LogP contribution in [-0.4, -0.2) is 40.7 Å². The standard InChI is InChI=1S/C20H16FN3O6/c21-12-7-5-11(6-8-12)17(26)23-15(9-10-16(22)25)20(29)30-24-18(27)13-3-1-2-4-14(13)19(24)28/h1-8,15H,9-10H2,(H2,22,25)(H,23,26). The van der Waals surface area contributed by atoms with Gasteiger partial charge in [0.2, 0.25) is 5.91 Å². The molecule has 0 spiro atoms. The van der Waals surface area contributed by atoms with Crippen molar-refractivity contribution in [2.75, 3.05) is 0 Å². The van der Waals surface area contributed by atoms with Gasteiger partial charge in [0, 0.05) is 12.0 Å². The zero-order valence-electron chi connectivity index (χ0n) is 15.5. The number of hydrogen-bond donors (Lipinski definition) is 2. The maximum absolute atomic E-state index is 13.0. The lowest BCUT2D eigenvalue weighted by atomic mass is 10.1. The summed E-state index contributed by atoms with van der Waals surface area (Å²) in [6, 6.07) is 9.04. The van der Waals surface area contributed by atoms with Gasteiger partial charge in [0.15, 0.2) is 0 Å². The summed E-state index contributed by atoms with van der Waals surface area (Å²) < 4.78 is 13.0. The molecule has 1 aliphatic heterocycles. The number of nitrogens with two attached hydrogens (primary N) is 1. The van der Waals surface area contributed by atoms with Crippen LogP contribution in [0.25, 0.3) is 0 Å². The van der Waals surface area contributed by atoms with Crippen LogP contribution in [0.3, 0.4) is 0 Å². The van der Waals surface area contributed by atoms with E-state index in [0.29, 0.717) is 5.06 Å². The number of carbonyl (C=O) groups excluding carboxylic acids is 5. The summed E-state index contributed by atoms with van der Waals surface area (Å²) in [6.45, 7) is 0. The van der Waals surface area contributed by atoms with Crippen molar-refractivity contribution in [3.05, 3.63) is 71.0 Å². The molecule has 0 radical (unpaired) electrons. The van der Waals surface area contributed by atoms with Crippen molar-refractivity contribution >= 4 is 29.6 Å². The second-order valence-electron chi connectivity index (χ2n) is 6.40. The Morgan fingerprint density at radius 1 is 1.00 bits per heavy atom. The van der Waals surface area contributed by atoms with Crippen molar-refractivity contribution in [1.82, 2.24) is 10.4 Å². The second-order valence-corrected chi connectivity index (χ2v) is 6.40. The van der Waals surface area contributed by atoms with Gasteiger partial charge in [0.1, 0.15) is 11.9 Å². The molecule has 0 saturated heterocycles. The van der Waals surface area contributed by atoms with Crippen molar-refractivity contribution in [2.45, 2.75) is 18.9 Å². The van der Waals surface area contributed by atoms with Crippen molar-refractivity contribution in [1.29, 1.82) is 0 Å². The van der Waals surface area contributed by atoms with Gasteiger partial charge >= 0.3 is 5.97 Å². The van der Waals surface area contributed by atoms with Crippen LogP contribution < -0.4 is 11.1 Å². The lowest BCUT2D eigenvalue weighted by Gasteiger charge is -2.20. The number of amides is 4. The monoisotopic (exact) mass is 413 g/mol. The number of halogens is 1. The SMILES string of the molecule is NC(=O)CCC(NC(=O)c1ccc(F)cc1)C(=O)ON1C(=O)c2ccccc2C1=O. The molecule has 0 fully saturated rings. The third-order valence-electron chi connectivity index (χ3n) is 4.31. The summed E-state index contributed by atoms with van der Waals surface area (Å²) in [6.07, 6.45) is -0.504. The first-order valence-corrected chi connectivity index (χ1v) is 8.82. The van der Waals surface area contributed by atoms with Crippen molar-refractivity contribution in [2.24, 2.45) is 5.73 Å². The number of imide groups is 1. The Kier molecular flexibility index (Phi) is 5.86. The van der Waals surface area contributed by atoms with Crippen LogP contribution >= 0.6 is 0 Å². The van der Waals surface area contributed by atoms with Gasteiger partial charge in [-0.15, -0.1) is 0 Å². The summed E-state index contributed by atoms with van der Waals surface area (Å²) in [4.78, 5) is 65.7. The van der Waals surface area contributed by atoms with Crippen LogP contribution in [0.1, 0.15) is 43.9 Å². The number of nitrogens with zero attached hydrogens (tertiary/aromatic N) is 1. The van der Waals surface area contributed by atoms with Crippen molar-refractivity contribution in [3.63, 3.8) is 0 Å². The molecular weight excluding hydrogens is 397 g/mol. The first-order valence-electron chi connectivity index (χ1n) is 8.82. The zero-order chi connectivity index (χ0) is 21.8. The first kappa shape index (κ1) is 20.6. The lowest BCUT2D eigenvalue weighted by Crippen LogP contribution is -2.46. The molecule has 1 atom stereocenters. The Balaban J connectivity index is 1.75. The third kappa shape index (κ3) is 4.32. The minimum absolute atomic E-state index is 0.0500. The molecule has 0 saturated carbocycles. The van der Waals surface area contributed by atoms with E-state index in [2.05, 4.69) is 5.32 Å². The average molecular weight is 413 g/mol. The number of primary amides is 1. The molecule has 3 rings (SSSR count). The third-order valence-corrected chi connectivity index (χ3v) is 4.31. The van der Waals surface area contributed by atoms with Crippen molar-refractivity contribution < 1.29 is 33.2 Å². The van der Waals surface area contributed by atoms with Crippen LogP contribution in [0.5, 0.6) is 0 Å². The van der Waals surface area contributed by atoms with E-state index in [9.17, 15) is 28.4 Å². The number of rotatable bonds is 7. The molecule has 3 N–H and O–H groups in total. The fourth-order valence-electron chi connectivity index (χ4n) is 2.78. The number of hydrogen-bond acceptors (Lipinski definition) is 6. The van der Waals surface area contributed by atoms with Gasteiger partial charge in [0.25, 0.3) is 17.7 Å². The van der Waals surface area contributed by atoms with Crippen LogP contribution in [-0.2, 0) is 14.4 Å². The Bertz CT molecular complexity index is 1000. The molecule has 1 aliphatic rings. The summed E-state index contributed by atoms with van der Waals surface area (Å²) >= 11 is 0. The minimum Gasteiger partial charge on any atom is -0.370 e. The van der Waals surface area contributed by atoms with E-state index in [1.807, 2.05) is 0 Å². The van der Waals surface area contributed by atoms with E-state index >= 15 is 0 Å². The molecule has 30 heavy (non-hydrogen) atoms. The van der Waals surface area contributed by atoms with E-state index < -0.39 is 41.5 Å². The van der Waals surface area contributed by atoms with E-state index in [0.717, 1.165) is 12.1 Å². The topological polar surface area (TPSA) is 136 Å². The average Bonchev–Trinajstić information content (AvgIpc) is 2.96. The highest BCUT2D eigenvalue weighted by atomic mass is 19.1. The Morgan fingerprint density at radius 3 is 2.10 bits per heavy atom. The van der Waals surface area contributed by atoms with Crippen LogP contribution in [0.2, 0.25) is 0 Å². The number of benzene rings is 2.